The molecule has 4 rings (SSSR count). The summed E-state index contributed by atoms with van der Waals surface area (Å²) in [6.45, 7) is 5.67. The fraction of sp³-hybridized carbons (Fsp3) is 0.375. The van der Waals surface area contributed by atoms with Gasteiger partial charge in [0, 0.05) is 19.3 Å². The minimum absolute atomic E-state index is 0.0805. The molecule has 31 heavy (non-hydrogen) atoms. The summed E-state index contributed by atoms with van der Waals surface area (Å²) in [5.74, 6) is 1.34. The molecule has 1 aliphatic heterocycles. The third-order valence-corrected chi connectivity index (χ3v) is 6.61. The van der Waals surface area contributed by atoms with Crippen LogP contribution in [0.25, 0.3) is 5.69 Å². The van der Waals surface area contributed by atoms with Gasteiger partial charge in [0.2, 0.25) is 5.91 Å². The van der Waals surface area contributed by atoms with Crippen LogP contribution in [0.1, 0.15) is 29.8 Å². The lowest BCUT2D eigenvalue weighted by Gasteiger charge is -2.19. The quantitative estimate of drug-likeness (QED) is 0.502. The minimum Gasteiger partial charge on any atom is -0.341 e. The van der Waals surface area contributed by atoms with Gasteiger partial charge in [0.25, 0.3) is 0 Å². The molecule has 0 saturated carbocycles. The number of carbonyl (C=O) groups excluding carboxylic acids is 1. The summed E-state index contributed by atoms with van der Waals surface area (Å²) in [7, 11) is 1.86. The lowest BCUT2D eigenvalue weighted by molar-refractivity contribution is -0.127. The van der Waals surface area contributed by atoms with E-state index < -0.39 is 0 Å². The van der Waals surface area contributed by atoms with Crippen LogP contribution in [0.3, 0.4) is 0 Å². The Hall–Kier alpha value is -2.64. The van der Waals surface area contributed by atoms with Crippen LogP contribution in [0, 0.1) is 6.92 Å². The van der Waals surface area contributed by atoms with E-state index in [1.807, 2.05) is 37.4 Å². The Kier molecular flexibility index (Phi) is 7.04. The number of hydrogen-bond donors (Lipinski definition) is 0. The predicted octanol–water partition coefficient (Wildman–Crippen LogP) is 3.92. The van der Waals surface area contributed by atoms with Crippen molar-refractivity contribution in [3.8, 4) is 5.69 Å². The van der Waals surface area contributed by atoms with E-state index in [1.54, 1.807) is 4.90 Å². The number of benzene rings is 2. The van der Waals surface area contributed by atoms with E-state index in [-0.39, 0.29) is 5.91 Å². The molecule has 1 aromatic heterocycles. The molecule has 162 valence electrons. The molecule has 7 heteroatoms. The van der Waals surface area contributed by atoms with Gasteiger partial charge < -0.3 is 4.90 Å². The van der Waals surface area contributed by atoms with E-state index in [0.29, 0.717) is 12.3 Å². The van der Waals surface area contributed by atoms with Crippen LogP contribution in [0.4, 0.5) is 0 Å². The van der Waals surface area contributed by atoms with Crippen LogP contribution in [0.2, 0.25) is 0 Å². The van der Waals surface area contributed by atoms with Gasteiger partial charge in [-0.05, 0) is 56.1 Å². The van der Waals surface area contributed by atoms with Crippen molar-refractivity contribution in [1.29, 1.82) is 0 Å². The first-order valence-electron chi connectivity index (χ1n) is 10.7. The molecule has 6 nitrogen and oxygen atoms in total. The second kappa shape index (κ2) is 10.1. The molecular weight excluding hydrogens is 406 g/mol. The molecule has 0 bridgehead atoms. The number of amides is 1. The van der Waals surface area contributed by atoms with Gasteiger partial charge in [-0.15, -0.1) is 10.2 Å². The van der Waals surface area contributed by atoms with Crippen LogP contribution in [0.15, 0.2) is 59.8 Å². The van der Waals surface area contributed by atoms with Crippen molar-refractivity contribution < 1.29 is 4.79 Å². The van der Waals surface area contributed by atoms with Crippen molar-refractivity contribution in [2.45, 2.75) is 38.0 Å². The number of thioether (sulfide) groups is 1. The number of para-hydroxylation sites is 1. The lowest BCUT2D eigenvalue weighted by Crippen LogP contribution is -2.28. The highest BCUT2D eigenvalue weighted by molar-refractivity contribution is 7.99. The molecular formula is C24H29N5OS. The van der Waals surface area contributed by atoms with Gasteiger partial charge in [-0.25, -0.2) is 0 Å². The highest BCUT2D eigenvalue weighted by Crippen LogP contribution is 2.24. The maximum atomic E-state index is 12.8. The lowest BCUT2D eigenvalue weighted by atomic mass is 10.1. The van der Waals surface area contributed by atoms with Crippen molar-refractivity contribution in [3.05, 3.63) is 71.5 Å². The molecule has 0 N–H and O–H groups in total. The maximum absolute atomic E-state index is 12.8. The van der Waals surface area contributed by atoms with E-state index in [1.165, 1.54) is 35.7 Å². The molecule has 2 aromatic carbocycles. The van der Waals surface area contributed by atoms with Crippen LogP contribution in [-0.4, -0.2) is 56.4 Å². The molecule has 1 amide bonds. The Labute approximate surface area is 188 Å². The number of aromatic nitrogens is 3. The molecule has 1 saturated heterocycles. The fourth-order valence-electron chi connectivity index (χ4n) is 3.84. The number of likely N-dealkylation sites (tertiary alicyclic amines) is 1. The van der Waals surface area contributed by atoms with Crippen LogP contribution < -0.4 is 0 Å². The minimum atomic E-state index is 0.0805. The van der Waals surface area contributed by atoms with Gasteiger partial charge in [-0.2, -0.15) is 0 Å². The molecule has 0 atom stereocenters. The van der Waals surface area contributed by atoms with Gasteiger partial charge in [0.05, 0.1) is 12.3 Å². The second-order valence-electron chi connectivity index (χ2n) is 8.02. The van der Waals surface area contributed by atoms with Crippen molar-refractivity contribution in [1.82, 2.24) is 24.6 Å². The third-order valence-electron chi connectivity index (χ3n) is 5.70. The predicted molar refractivity (Wildman–Crippen MR) is 124 cm³/mol. The molecule has 0 unspecified atom stereocenters. The zero-order valence-electron chi connectivity index (χ0n) is 18.2. The SMILES string of the molecule is Cc1ccccc1CN(C)C(=O)CSc1nnc(CN2CCCC2)n1-c1ccccc1. The summed E-state index contributed by atoms with van der Waals surface area (Å²) in [5.41, 5.74) is 3.40. The average Bonchev–Trinajstić information content (AvgIpc) is 3.44. The standard InChI is InChI=1S/C24H29N5OS/c1-19-10-6-7-11-20(19)16-27(2)23(30)18-31-24-26-25-22(17-28-14-8-9-15-28)29(24)21-12-4-3-5-13-21/h3-7,10-13H,8-9,14-18H2,1-2H3. The maximum Gasteiger partial charge on any atom is 0.233 e. The van der Waals surface area contributed by atoms with E-state index in [2.05, 4.69) is 50.9 Å². The normalized spacial score (nSPS) is 14.1. The number of hydrogen-bond acceptors (Lipinski definition) is 5. The summed E-state index contributed by atoms with van der Waals surface area (Å²) < 4.78 is 2.09. The van der Waals surface area contributed by atoms with Crippen molar-refractivity contribution in [2.24, 2.45) is 0 Å². The van der Waals surface area contributed by atoms with Gasteiger partial charge in [0.1, 0.15) is 0 Å². The second-order valence-corrected chi connectivity index (χ2v) is 8.96. The zero-order chi connectivity index (χ0) is 21.6. The third kappa shape index (κ3) is 5.35. The van der Waals surface area contributed by atoms with E-state index in [9.17, 15) is 4.79 Å². The summed E-state index contributed by atoms with van der Waals surface area (Å²) in [5, 5.41) is 9.69. The first-order chi connectivity index (χ1) is 15.1. The molecule has 3 aromatic rings. The molecule has 1 aliphatic rings. The number of carbonyl (C=O) groups is 1. The number of rotatable bonds is 8. The largest absolute Gasteiger partial charge is 0.341 e. The molecule has 2 heterocycles. The Morgan fingerprint density at radius 1 is 1.03 bits per heavy atom. The van der Waals surface area contributed by atoms with Crippen LogP contribution in [-0.2, 0) is 17.9 Å². The van der Waals surface area contributed by atoms with Gasteiger partial charge in [-0.3, -0.25) is 14.3 Å². The summed E-state index contributed by atoms with van der Waals surface area (Å²) in [6.07, 6.45) is 2.48. The summed E-state index contributed by atoms with van der Waals surface area (Å²) in [4.78, 5) is 17.0. The van der Waals surface area contributed by atoms with Crippen LogP contribution in [0.5, 0.6) is 0 Å². The smallest absolute Gasteiger partial charge is 0.233 e. The van der Waals surface area contributed by atoms with E-state index >= 15 is 0 Å². The Bertz CT molecular complexity index is 1010. The fourth-order valence-corrected chi connectivity index (χ4v) is 4.75. The monoisotopic (exact) mass is 435 g/mol. The Morgan fingerprint density at radius 2 is 1.74 bits per heavy atom. The van der Waals surface area contributed by atoms with Gasteiger partial charge in [0.15, 0.2) is 11.0 Å². The van der Waals surface area contributed by atoms with E-state index in [4.69, 9.17) is 0 Å². The van der Waals surface area contributed by atoms with E-state index in [0.717, 1.165) is 36.3 Å². The number of aryl methyl sites for hydroxylation is 1. The number of nitrogens with zero attached hydrogens (tertiary/aromatic N) is 5. The average molecular weight is 436 g/mol. The molecule has 0 radical (unpaired) electrons. The Morgan fingerprint density at radius 3 is 2.48 bits per heavy atom. The van der Waals surface area contributed by atoms with Crippen LogP contribution >= 0.6 is 11.8 Å². The highest BCUT2D eigenvalue weighted by atomic mass is 32.2. The molecule has 0 aliphatic carbocycles. The molecule has 1 fully saturated rings. The van der Waals surface area contributed by atoms with Gasteiger partial charge in [-0.1, -0.05) is 54.2 Å². The summed E-state index contributed by atoms with van der Waals surface area (Å²) >= 11 is 1.45. The highest BCUT2D eigenvalue weighted by Gasteiger charge is 2.20. The molecule has 0 spiro atoms. The zero-order valence-corrected chi connectivity index (χ0v) is 19.0. The topological polar surface area (TPSA) is 54.3 Å². The Balaban J connectivity index is 1.46. The van der Waals surface area contributed by atoms with Crippen molar-refractivity contribution in [3.63, 3.8) is 0 Å². The van der Waals surface area contributed by atoms with Crippen molar-refractivity contribution >= 4 is 17.7 Å². The first kappa shape index (κ1) is 21.6. The summed E-state index contributed by atoms with van der Waals surface area (Å²) in [6, 6.07) is 18.3. The first-order valence-corrected chi connectivity index (χ1v) is 11.7. The van der Waals surface area contributed by atoms with Gasteiger partial charge >= 0.3 is 0 Å². The van der Waals surface area contributed by atoms with Crippen molar-refractivity contribution in [2.75, 3.05) is 25.9 Å².